The molecule has 1 aromatic rings. The van der Waals surface area contributed by atoms with Gasteiger partial charge in [-0.3, -0.25) is 9.08 Å². The van der Waals surface area contributed by atoms with Crippen LogP contribution in [0, 0.1) is 6.92 Å². The largest absolute Gasteiger partial charge is 0.466 e. The molecule has 0 saturated heterocycles. The maximum atomic E-state index is 12.0. The highest BCUT2D eigenvalue weighted by Gasteiger charge is 2.17. The molecule has 6 nitrogen and oxygen atoms in total. The van der Waals surface area contributed by atoms with Crippen LogP contribution < -0.4 is 0 Å². The van der Waals surface area contributed by atoms with Gasteiger partial charge in [-0.15, -0.1) is 0 Å². The van der Waals surface area contributed by atoms with Crippen molar-refractivity contribution in [1.29, 1.82) is 0 Å². The highest BCUT2D eigenvalue weighted by atomic mass is 32.2. The topological polar surface area (TPSA) is 82.0 Å². The van der Waals surface area contributed by atoms with E-state index in [2.05, 4.69) is 5.16 Å². The first-order valence-electron chi connectivity index (χ1n) is 7.10. The lowest BCUT2D eigenvalue weighted by atomic mass is 10.2. The first kappa shape index (κ1) is 18.2. The van der Waals surface area contributed by atoms with E-state index >= 15 is 0 Å². The van der Waals surface area contributed by atoms with Gasteiger partial charge in [0.1, 0.15) is 4.90 Å². The van der Waals surface area contributed by atoms with Crippen LogP contribution >= 0.6 is 0 Å². The van der Waals surface area contributed by atoms with Crippen molar-refractivity contribution < 1.29 is 22.2 Å². The minimum atomic E-state index is -3.98. The van der Waals surface area contributed by atoms with Gasteiger partial charge in [0.2, 0.25) is 0 Å². The SMILES string of the molecule is CCC/C(CC(=O)OCC)=N\OS(=O)(=O)c1ccc(C)cc1. The van der Waals surface area contributed by atoms with Gasteiger partial charge in [0.05, 0.1) is 18.7 Å². The highest BCUT2D eigenvalue weighted by molar-refractivity contribution is 7.86. The van der Waals surface area contributed by atoms with Gasteiger partial charge >= 0.3 is 16.1 Å². The minimum absolute atomic E-state index is 0.0221. The van der Waals surface area contributed by atoms with Crippen molar-refractivity contribution in [3.05, 3.63) is 29.8 Å². The maximum absolute atomic E-state index is 12.0. The third kappa shape index (κ3) is 5.85. The molecule has 22 heavy (non-hydrogen) atoms. The quantitative estimate of drug-likeness (QED) is 0.416. The van der Waals surface area contributed by atoms with Gasteiger partial charge in [0.15, 0.2) is 0 Å². The maximum Gasteiger partial charge on any atom is 0.358 e. The number of esters is 1. The monoisotopic (exact) mass is 327 g/mol. The van der Waals surface area contributed by atoms with Crippen molar-refractivity contribution in [3.63, 3.8) is 0 Å². The first-order chi connectivity index (χ1) is 10.4. The fourth-order valence-electron chi connectivity index (χ4n) is 1.68. The molecule has 0 aromatic heterocycles. The Kier molecular flexibility index (Phi) is 7.04. The fraction of sp³-hybridized carbons (Fsp3) is 0.467. The van der Waals surface area contributed by atoms with E-state index in [4.69, 9.17) is 9.02 Å². The Bertz CT molecular complexity index is 620. The molecule has 0 aliphatic rings. The average molecular weight is 327 g/mol. The molecular weight excluding hydrogens is 306 g/mol. The summed E-state index contributed by atoms with van der Waals surface area (Å²) in [7, 11) is -3.98. The Morgan fingerprint density at radius 3 is 2.36 bits per heavy atom. The van der Waals surface area contributed by atoms with Crippen LogP contribution in [0.25, 0.3) is 0 Å². The first-order valence-corrected chi connectivity index (χ1v) is 8.51. The Labute approximate surface area is 131 Å². The second kappa shape index (κ2) is 8.53. The molecule has 0 spiro atoms. The number of hydrogen-bond donors (Lipinski definition) is 0. The average Bonchev–Trinajstić information content (AvgIpc) is 2.46. The highest BCUT2D eigenvalue weighted by Crippen LogP contribution is 2.14. The van der Waals surface area contributed by atoms with Gasteiger partial charge in [0, 0.05) is 0 Å². The van der Waals surface area contributed by atoms with Crippen LogP contribution in [0.4, 0.5) is 0 Å². The van der Waals surface area contributed by atoms with Gasteiger partial charge in [-0.05, 0) is 32.4 Å². The molecule has 7 heteroatoms. The van der Waals surface area contributed by atoms with E-state index in [1.807, 2.05) is 13.8 Å². The van der Waals surface area contributed by atoms with Crippen LogP contribution in [0.5, 0.6) is 0 Å². The van der Waals surface area contributed by atoms with Crippen LogP contribution in [0.3, 0.4) is 0 Å². The number of carbonyl (C=O) groups excluding carboxylic acids is 1. The van der Waals surface area contributed by atoms with Gasteiger partial charge in [-0.2, -0.15) is 8.42 Å². The zero-order chi connectivity index (χ0) is 16.6. The van der Waals surface area contributed by atoms with Crippen molar-refractivity contribution >= 4 is 21.8 Å². The number of benzene rings is 1. The molecule has 0 atom stereocenters. The molecule has 0 unspecified atom stereocenters. The molecule has 0 amide bonds. The number of hydrogen-bond acceptors (Lipinski definition) is 6. The zero-order valence-corrected chi connectivity index (χ0v) is 13.9. The molecule has 0 fully saturated rings. The predicted octanol–water partition coefficient (Wildman–Crippen LogP) is 2.81. The van der Waals surface area contributed by atoms with Crippen LogP contribution in [0.2, 0.25) is 0 Å². The van der Waals surface area contributed by atoms with Crippen molar-refractivity contribution in [2.45, 2.75) is 44.9 Å². The molecule has 0 radical (unpaired) electrons. The van der Waals surface area contributed by atoms with E-state index in [0.29, 0.717) is 18.6 Å². The number of oxime groups is 1. The number of nitrogens with zero attached hydrogens (tertiary/aromatic N) is 1. The number of rotatable bonds is 8. The van der Waals surface area contributed by atoms with Crippen LogP contribution in [0.15, 0.2) is 34.3 Å². The second-order valence-electron chi connectivity index (χ2n) is 4.73. The second-order valence-corrected chi connectivity index (χ2v) is 6.26. The number of aryl methyl sites for hydroxylation is 1. The van der Waals surface area contributed by atoms with Gasteiger partial charge in [-0.25, -0.2) is 0 Å². The van der Waals surface area contributed by atoms with Crippen molar-refractivity contribution in [1.82, 2.24) is 0 Å². The molecule has 1 aromatic carbocycles. The van der Waals surface area contributed by atoms with Crippen LogP contribution in [0.1, 0.15) is 38.7 Å². The third-order valence-electron chi connectivity index (χ3n) is 2.77. The summed E-state index contributed by atoms with van der Waals surface area (Å²) in [5.41, 5.74) is 1.29. The lowest BCUT2D eigenvalue weighted by Crippen LogP contribution is -2.13. The van der Waals surface area contributed by atoms with Crippen molar-refractivity contribution in [2.24, 2.45) is 5.16 Å². The van der Waals surface area contributed by atoms with E-state index in [1.165, 1.54) is 12.1 Å². The van der Waals surface area contributed by atoms with Crippen LogP contribution in [-0.4, -0.2) is 26.7 Å². The summed E-state index contributed by atoms with van der Waals surface area (Å²) < 4.78 is 33.6. The molecule has 1 rings (SSSR count). The standard InChI is InChI=1S/C15H21NO5S/c1-4-6-13(11-15(17)20-5-2)16-21-22(18,19)14-9-7-12(3)8-10-14/h7-10H,4-6,11H2,1-3H3/b16-13+. The van der Waals surface area contributed by atoms with E-state index in [-0.39, 0.29) is 17.9 Å². The van der Waals surface area contributed by atoms with E-state index in [0.717, 1.165) is 5.56 Å². The fourth-order valence-corrected chi connectivity index (χ4v) is 2.44. The summed E-state index contributed by atoms with van der Waals surface area (Å²) in [5, 5.41) is 3.63. The summed E-state index contributed by atoms with van der Waals surface area (Å²) in [6.45, 7) is 5.72. The predicted molar refractivity (Wildman–Crippen MR) is 83.0 cm³/mol. The molecule has 0 N–H and O–H groups in total. The molecule has 122 valence electrons. The van der Waals surface area contributed by atoms with Crippen LogP contribution in [-0.2, 0) is 23.9 Å². The summed E-state index contributed by atoms with van der Waals surface area (Å²) in [6, 6.07) is 6.24. The number of carbonyl (C=O) groups is 1. The normalized spacial score (nSPS) is 12.0. The third-order valence-corrected chi connectivity index (χ3v) is 3.89. The molecule has 0 saturated carbocycles. The lowest BCUT2D eigenvalue weighted by molar-refractivity contribution is -0.141. The summed E-state index contributed by atoms with van der Waals surface area (Å²) in [4.78, 5) is 11.5. The van der Waals surface area contributed by atoms with E-state index in [1.54, 1.807) is 19.1 Å². The lowest BCUT2D eigenvalue weighted by Gasteiger charge is -2.06. The Hall–Kier alpha value is -1.89. The summed E-state index contributed by atoms with van der Waals surface area (Å²) in [5.74, 6) is -0.453. The van der Waals surface area contributed by atoms with E-state index in [9.17, 15) is 13.2 Å². The molecule has 0 aliphatic heterocycles. The molecular formula is C15H21NO5S. The van der Waals surface area contributed by atoms with Gasteiger partial charge < -0.3 is 4.74 Å². The van der Waals surface area contributed by atoms with Crippen molar-refractivity contribution in [3.8, 4) is 0 Å². The zero-order valence-electron chi connectivity index (χ0n) is 13.0. The van der Waals surface area contributed by atoms with E-state index < -0.39 is 16.1 Å². The Morgan fingerprint density at radius 2 is 1.82 bits per heavy atom. The van der Waals surface area contributed by atoms with Gasteiger partial charge in [-0.1, -0.05) is 36.2 Å². The Balaban J connectivity index is 2.83. The molecule has 0 aliphatic carbocycles. The Morgan fingerprint density at radius 1 is 1.18 bits per heavy atom. The smallest absolute Gasteiger partial charge is 0.358 e. The van der Waals surface area contributed by atoms with Gasteiger partial charge in [0.25, 0.3) is 0 Å². The summed E-state index contributed by atoms with van der Waals surface area (Å²) >= 11 is 0. The molecule has 0 bridgehead atoms. The van der Waals surface area contributed by atoms with Crippen molar-refractivity contribution in [2.75, 3.05) is 6.61 Å². The molecule has 0 heterocycles. The minimum Gasteiger partial charge on any atom is -0.466 e. The summed E-state index contributed by atoms with van der Waals surface area (Å²) in [6.07, 6.45) is 1.10. The number of ether oxygens (including phenoxy) is 1.